The lowest BCUT2D eigenvalue weighted by Crippen LogP contribution is -2.18. The summed E-state index contributed by atoms with van der Waals surface area (Å²) in [6.07, 6.45) is 0. The second-order valence-corrected chi connectivity index (χ2v) is 4.81. The number of halogens is 3. The van der Waals surface area contributed by atoms with Gasteiger partial charge in [0, 0.05) is 5.02 Å². The SMILES string of the molecule is CNC(c1ccc(F)c(F)c1)c1ccc(C)c(Cl)c1. The number of benzene rings is 2. The lowest BCUT2D eigenvalue weighted by Gasteiger charge is -2.18. The van der Waals surface area contributed by atoms with Crippen LogP contribution in [0, 0.1) is 18.6 Å². The van der Waals surface area contributed by atoms with Crippen LogP contribution in [0.5, 0.6) is 0 Å². The molecule has 100 valence electrons. The van der Waals surface area contributed by atoms with Crippen molar-refractivity contribution in [3.05, 3.63) is 69.7 Å². The van der Waals surface area contributed by atoms with Gasteiger partial charge in [-0.25, -0.2) is 8.78 Å². The smallest absolute Gasteiger partial charge is 0.159 e. The first-order valence-corrected chi connectivity index (χ1v) is 6.29. The average Bonchev–Trinajstić information content (AvgIpc) is 2.39. The number of aryl methyl sites for hydroxylation is 1. The van der Waals surface area contributed by atoms with Crippen molar-refractivity contribution in [1.82, 2.24) is 5.32 Å². The van der Waals surface area contributed by atoms with E-state index in [9.17, 15) is 8.78 Å². The van der Waals surface area contributed by atoms with Crippen LogP contribution in [-0.2, 0) is 0 Å². The van der Waals surface area contributed by atoms with Crippen molar-refractivity contribution in [2.24, 2.45) is 0 Å². The second kappa shape index (κ2) is 5.68. The van der Waals surface area contributed by atoms with E-state index in [1.54, 1.807) is 13.1 Å². The van der Waals surface area contributed by atoms with Gasteiger partial charge in [0.1, 0.15) is 0 Å². The molecule has 1 nitrogen and oxygen atoms in total. The Bertz CT molecular complexity index is 547. The van der Waals surface area contributed by atoms with E-state index in [2.05, 4.69) is 5.32 Å². The Morgan fingerprint density at radius 1 is 1.00 bits per heavy atom. The molecule has 0 radical (unpaired) electrons. The molecule has 0 aliphatic rings. The molecular formula is C15H14ClF2N. The Morgan fingerprint density at radius 3 is 2.21 bits per heavy atom. The van der Waals surface area contributed by atoms with Crippen molar-refractivity contribution in [1.29, 1.82) is 0 Å². The molecule has 0 saturated carbocycles. The number of hydrogen-bond donors (Lipinski definition) is 1. The standard InChI is InChI=1S/C15H14ClF2N/c1-9-3-4-10(7-12(9)16)15(19-2)11-5-6-13(17)14(18)8-11/h3-8,15,19H,1-2H3. The lowest BCUT2D eigenvalue weighted by molar-refractivity contribution is 0.505. The third-order valence-electron chi connectivity index (χ3n) is 3.09. The van der Waals surface area contributed by atoms with Crippen LogP contribution in [0.4, 0.5) is 8.78 Å². The molecule has 4 heteroatoms. The minimum absolute atomic E-state index is 0.229. The van der Waals surface area contributed by atoms with Crippen LogP contribution in [0.15, 0.2) is 36.4 Å². The quantitative estimate of drug-likeness (QED) is 0.887. The molecule has 2 aromatic carbocycles. The molecule has 0 spiro atoms. The van der Waals surface area contributed by atoms with E-state index in [-0.39, 0.29) is 6.04 Å². The van der Waals surface area contributed by atoms with Gasteiger partial charge in [0.2, 0.25) is 0 Å². The van der Waals surface area contributed by atoms with Gasteiger partial charge >= 0.3 is 0 Å². The fourth-order valence-corrected chi connectivity index (χ4v) is 2.20. The summed E-state index contributed by atoms with van der Waals surface area (Å²) in [6.45, 7) is 1.91. The van der Waals surface area contributed by atoms with E-state index in [4.69, 9.17) is 11.6 Å². The molecule has 0 aliphatic carbocycles. The fraction of sp³-hybridized carbons (Fsp3) is 0.200. The summed E-state index contributed by atoms with van der Waals surface area (Å²) in [5.41, 5.74) is 2.54. The Labute approximate surface area is 116 Å². The molecule has 1 atom stereocenters. The molecule has 0 fully saturated rings. The summed E-state index contributed by atoms with van der Waals surface area (Å²) in [5.74, 6) is -1.70. The molecule has 1 N–H and O–H groups in total. The summed E-state index contributed by atoms with van der Waals surface area (Å²) in [6, 6.07) is 9.32. The van der Waals surface area contributed by atoms with Crippen LogP contribution in [0.3, 0.4) is 0 Å². The van der Waals surface area contributed by atoms with E-state index in [1.807, 2.05) is 25.1 Å². The Hall–Kier alpha value is -1.45. The molecular weight excluding hydrogens is 268 g/mol. The summed E-state index contributed by atoms with van der Waals surface area (Å²) in [4.78, 5) is 0. The third-order valence-corrected chi connectivity index (χ3v) is 3.50. The lowest BCUT2D eigenvalue weighted by atomic mass is 9.98. The maximum Gasteiger partial charge on any atom is 0.159 e. The second-order valence-electron chi connectivity index (χ2n) is 4.40. The highest BCUT2D eigenvalue weighted by Crippen LogP contribution is 2.26. The zero-order valence-electron chi connectivity index (χ0n) is 10.7. The Balaban J connectivity index is 2.43. The van der Waals surface area contributed by atoms with Gasteiger partial charge in [-0.05, 0) is 48.9 Å². The van der Waals surface area contributed by atoms with Crippen molar-refractivity contribution >= 4 is 11.6 Å². The molecule has 0 bridgehead atoms. The minimum Gasteiger partial charge on any atom is -0.309 e. The van der Waals surface area contributed by atoms with Gasteiger partial charge in [-0.2, -0.15) is 0 Å². The average molecular weight is 282 g/mol. The van der Waals surface area contributed by atoms with Gasteiger partial charge in [0.25, 0.3) is 0 Å². The third kappa shape index (κ3) is 2.94. The molecule has 1 unspecified atom stereocenters. The first kappa shape index (κ1) is 14.0. The van der Waals surface area contributed by atoms with E-state index in [1.165, 1.54) is 6.07 Å². The van der Waals surface area contributed by atoms with Crippen molar-refractivity contribution in [3.8, 4) is 0 Å². The van der Waals surface area contributed by atoms with Crippen LogP contribution in [0.25, 0.3) is 0 Å². The number of rotatable bonds is 3. The highest BCUT2D eigenvalue weighted by Gasteiger charge is 2.15. The summed E-state index contributed by atoms with van der Waals surface area (Å²) >= 11 is 6.10. The van der Waals surface area contributed by atoms with Gasteiger partial charge < -0.3 is 5.32 Å². The van der Waals surface area contributed by atoms with E-state index in [0.29, 0.717) is 10.6 Å². The topological polar surface area (TPSA) is 12.0 Å². The van der Waals surface area contributed by atoms with Crippen molar-refractivity contribution < 1.29 is 8.78 Å². The van der Waals surface area contributed by atoms with Gasteiger partial charge in [-0.3, -0.25) is 0 Å². The van der Waals surface area contributed by atoms with E-state index in [0.717, 1.165) is 17.2 Å². The molecule has 19 heavy (non-hydrogen) atoms. The number of hydrogen-bond acceptors (Lipinski definition) is 1. The van der Waals surface area contributed by atoms with Crippen molar-refractivity contribution in [2.75, 3.05) is 7.05 Å². The van der Waals surface area contributed by atoms with E-state index < -0.39 is 11.6 Å². The molecule has 0 saturated heterocycles. The molecule has 2 rings (SSSR count). The predicted molar refractivity (Wildman–Crippen MR) is 73.4 cm³/mol. The van der Waals surface area contributed by atoms with Crippen LogP contribution < -0.4 is 5.32 Å². The maximum absolute atomic E-state index is 13.3. The van der Waals surface area contributed by atoms with Crippen LogP contribution in [-0.4, -0.2) is 7.05 Å². The van der Waals surface area contributed by atoms with Crippen LogP contribution in [0.1, 0.15) is 22.7 Å². The summed E-state index contributed by atoms with van der Waals surface area (Å²) in [5, 5.41) is 3.73. The molecule has 0 aromatic heterocycles. The molecule has 0 aliphatic heterocycles. The number of nitrogens with one attached hydrogen (secondary N) is 1. The predicted octanol–water partition coefficient (Wildman–Crippen LogP) is 4.24. The molecule has 0 amide bonds. The normalized spacial score (nSPS) is 12.5. The van der Waals surface area contributed by atoms with Gasteiger partial charge in [-0.15, -0.1) is 0 Å². The largest absolute Gasteiger partial charge is 0.309 e. The monoisotopic (exact) mass is 281 g/mol. The van der Waals surface area contributed by atoms with Gasteiger partial charge in [0.15, 0.2) is 11.6 Å². The maximum atomic E-state index is 13.3. The summed E-state index contributed by atoms with van der Waals surface area (Å²) < 4.78 is 26.3. The van der Waals surface area contributed by atoms with Gasteiger partial charge in [0.05, 0.1) is 6.04 Å². The van der Waals surface area contributed by atoms with Crippen LogP contribution in [0.2, 0.25) is 5.02 Å². The molecule has 2 aromatic rings. The van der Waals surface area contributed by atoms with E-state index >= 15 is 0 Å². The highest BCUT2D eigenvalue weighted by molar-refractivity contribution is 6.31. The van der Waals surface area contributed by atoms with Gasteiger partial charge in [-0.1, -0.05) is 29.8 Å². The highest BCUT2D eigenvalue weighted by atomic mass is 35.5. The summed E-state index contributed by atoms with van der Waals surface area (Å²) in [7, 11) is 1.76. The zero-order valence-corrected chi connectivity index (χ0v) is 11.4. The minimum atomic E-state index is -0.851. The van der Waals surface area contributed by atoms with Crippen molar-refractivity contribution in [2.45, 2.75) is 13.0 Å². The first-order valence-electron chi connectivity index (χ1n) is 5.91. The first-order chi connectivity index (χ1) is 9.02. The Kier molecular flexibility index (Phi) is 4.17. The van der Waals surface area contributed by atoms with Crippen molar-refractivity contribution in [3.63, 3.8) is 0 Å². The Morgan fingerprint density at radius 2 is 1.63 bits per heavy atom. The van der Waals surface area contributed by atoms with Crippen LogP contribution >= 0.6 is 11.6 Å². The fourth-order valence-electron chi connectivity index (χ4n) is 2.01. The zero-order chi connectivity index (χ0) is 14.0. The molecule has 0 heterocycles.